The zero-order valence-corrected chi connectivity index (χ0v) is 13.1. The average molecular weight is 310 g/mol. The zero-order chi connectivity index (χ0) is 13.0. The maximum absolute atomic E-state index is 3.74. The first-order valence-electron chi connectivity index (χ1n) is 7.25. The summed E-state index contributed by atoms with van der Waals surface area (Å²) in [5.74, 6) is 0.854. The van der Waals surface area contributed by atoms with Gasteiger partial charge in [-0.1, -0.05) is 42.1 Å². The van der Waals surface area contributed by atoms with Crippen molar-refractivity contribution in [3.63, 3.8) is 0 Å². The first-order valence-corrected chi connectivity index (χ1v) is 8.05. The van der Waals surface area contributed by atoms with E-state index in [-0.39, 0.29) is 0 Å². The second-order valence-electron chi connectivity index (χ2n) is 5.49. The largest absolute Gasteiger partial charge is 0.382 e. The highest BCUT2D eigenvalue weighted by Crippen LogP contribution is 2.29. The van der Waals surface area contributed by atoms with Gasteiger partial charge in [-0.2, -0.15) is 0 Å². The fourth-order valence-corrected chi connectivity index (χ4v) is 3.40. The van der Waals surface area contributed by atoms with Gasteiger partial charge in [0.2, 0.25) is 0 Å². The standard InChI is InChI=1S/C16H24BrN/c1-3-13-11-15(17)9-10-16(13)18-12(2)14-7-5-4-6-8-14/h9-12,14,18H,3-8H2,1-2H3. The van der Waals surface area contributed by atoms with E-state index in [1.54, 1.807) is 0 Å². The molecular formula is C16H24BrN. The van der Waals surface area contributed by atoms with Crippen molar-refractivity contribution >= 4 is 21.6 Å². The van der Waals surface area contributed by atoms with Crippen LogP contribution in [-0.2, 0) is 6.42 Å². The highest BCUT2D eigenvalue weighted by Gasteiger charge is 2.20. The second kappa shape index (κ2) is 6.60. The Labute approximate surface area is 119 Å². The van der Waals surface area contributed by atoms with Gasteiger partial charge < -0.3 is 5.32 Å². The summed E-state index contributed by atoms with van der Waals surface area (Å²) in [5.41, 5.74) is 2.73. The Hall–Kier alpha value is -0.500. The molecule has 0 saturated heterocycles. The van der Waals surface area contributed by atoms with Crippen LogP contribution in [-0.4, -0.2) is 6.04 Å². The van der Waals surface area contributed by atoms with E-state index in [4.69, 9.17) is 0 Å². The van der Waals surface area contributed by atoms with Crippen LogP contribution < -0.4 is 5.32 Å². The lowest BCUT2D eigenvalue weighted by Gasteiger charge is -2.29. The van der Waals surface area contributed by atoms with Crippen LogP contribution in [0.25, 0.3) is 0 Å². The maximum atomic E-state index is 3.74. The lowest BCUT2D eigenvalue weighted by Crippen LogP contribution is -2.28. The van der Waals surface area contributed by atoms with E-state index in [0.29, 0.717) is 6.04 Å². The predicted molar refractivity (Wildman–Crippen MR) is 83.2 cm³/mol. The van der Waals surface area contributed by atoms with Gasteiger partial charge >= 0.3 is 0 Å². The zero-order valence-electron chi connectivity index (χ0n) is 11.5. The minimum atomic E-state index is 0.594. The summed E-state index contributed by atoms with van der Waals surface area (Å²) >= 11 is 3.55. The van der Waals surface area contributed by atoms with E-state index in [1.165, 1.54) is 47.8 Å². The van der Waals surface area contributed by atoms with Gasteiger partial charge in [0, 0.05) is 16.2 Å². The SMILES string of the molecule is CCc1cc(Br)ccc1NC(C)C1CCCCC1. The Balaban J connectivity index is 2.03. The Morgan fingerprint density at radius 3 is 2.67 bits per heavy atom. The number of benzene rings is 1. The third kappa shape index (κ3) is 3.50. The third-order valence-electron chi connectivity index (χ3n) is 4.19. The van der Waals surface area contributed by atoms with E-state index in [2.05, 4.69) is 53.3 Å². The Bertz CT molecular complexity index is 383. The molecule has 0 aliphatic heterocycles. The van der Waals surface area contributed by atoms with Crippen LogP contribution in [0.5, 0.6) is 0 Å². The summed E-state index contributed by atoms with van der Waals surface area (Å²) in [7, 11) is 0. The van der Waals surface area contributed by atoms with Gasteiger partial charge in [-0.05, 0) is 55.9 Å². The molecule has 1 aromatic rings. The Morgan fingerprint density at radius 1 is 1.28 bits per heavy atom. The van der Waals surface area contributed by atoms with Crippen molar-refractivity contribution in [2.45, 2.75) is 58.4 Å². The molecule has 2 heteroatoms. The fraction of sp³-hybridized carbons (Fsp3) is 0.625. The van der Waals surface area contributed by atoms with Crippen LogP contribution in [0.15, 0.2) is 22.7 Å². The van der Waals surface area contributed by atoms with Gasteiger partial charge in [0.15, 0.2) is 0 Å². The fourth-order valence-electron chi connectivity index (χ4n) is 2.99. The molecule has 100 valence electrons. The first kappa shape index (κ1) is 13.9. The second-order valence-corrected chi connectivity index (χ2v) is 6.40. The summed E-state index contributed by atoms with van der Waals surface area (Å²) in [6.07, 6.45) is 8.13. The van der Waals surface area contributed by atoms with Crippen LogP contribution in [0.2, 0.25) is 0 Å². The van der Waals surface area contributed by atoms with Crippen molar-refractivity contribution in [3.8, 4) is 0 Å². The predicted octanol–water partition coefficient (Wildman–Crippen LogP) is 5.39. The van der Waals surface area contributed by atoms with Crippen LogP contribution >= 0.6 is 15.9 Å². The molecule has 18 heavy (non-hydrogen) atoms. The van der Waals surface area contributed by atoms with Crippen molar-refractivity contribution < 1.29 is 0 Å². The topological polar surface area (TPSA) is 12.0 Å². The highest BCUT2D eigenvalue weighted by molar-refractivity contribution is 9.10. The molecule has 1 N–H and O–H groups in total. The molecule has 1 fully saturated rings. The van der Waals surface area contributed by atoms with E-state index in [1.807, 2.05) is 0 Å². The molecule has 1 unspecified atom stereocenters. The lowest BCUT2D eigenvalue weighted by molar-refractivity contribution is 0.328. The van der Waals surface area contributed by atoms with Crippen LogP contribution in [0.3, 0.4) is 0 Å². The highest BCUT2D eigenvalue weighted by atomic mass is 79.9. The minimum Gasteiger partial charge on any atom is -0.382 e. The number of aryl methyl sites for hydroxylation is 1. The molecule has 0 bridgehead atoms. The van der Waals surface area contributed by atoms with Crippen molar-refractivity contribution in [2.75, 3.05) is 5.32 Å². The molecule has 1 saturated carbocycles. The minimum absolute atomic E-state index is 0.594. The molecule has 1 aliphatic rings. The van der Waals surface area contributed by atoms with Crippen molar-refractivity contribution in [2.24, 2.45) is 5.92 Å². The molecule has 0 aromatic heterocycles. The van der Waals surface area contributed by atoms with Crippen LogP contribution in [0.1, 0.15) is 51.5 Å². The monoisotopic (exact) mass is 309 g/mol. The van der Waals surface area contributed by atoms with Crippen molar-refractivity contribution in [1.29, 1.82) is 0 Å². The molecule has 1 aromatic carbocycles. The number of rotatable bonds is 4. The average Bonchev–Trinajstić information content (AvgIpc) is 2.41. The van der Waals surface area contributed by atoms with E-state index >= 15 is 0 Å². The summed E-state index contributed by atoms with van der Waals surface area (Å²) in [4.78, 5) is 0. The Kier molecular flexibility index (Phi) is 5.11. The molecule has 0 radical (unpaired) electrons. The maximum Gasteiger partial charge on any atom is 0.0375 e. The quantitative estimate of drug-likeness (QED) is 0.786. The first-order chi connectivity index (χ1) is 8.70. The van der Waals surface area contributed by atoms with Gasteiger partial charge in [-0.25, -0.2) is 0 Å². The van der Waals surface area contributed by atoms with Crippen molar-refractivity contribution in [1.82, 2.24) is 0 Å². The summed E-state index contributed by atoms with van der Waals surface area (Å²) in [6, 6.07) is 7.17. The van der Waals surface area contributed by atoms with Gasteiger partial charge in [-0.15, -0.1) is 0 Å². The van der Waals surface area contributed by atoms with Gasteiger partial charge in [0.25, 0.3) is 0 Å². The molecule has 1 atom stereocenters. The molecule has 0 amide bonds. The Morgan fingerprint density at radius 2 is 2.00 bits per heavy atom. The lowest BCUT2D eigenvalue weighted by atomic mass is 9.84. The van der Waals surface area contributed by atoms with Crippen LogP contribution in [0, 0.1) is 5.92 Å². The van der Waals surface area contributed by atoms with Gasteiger partial charge in [0.05, 0.1) is 0 Å². The molecule has 1 aliphatic carbocycles. The van der Waals surface area contributed by atoms with Gasteiger partial charge in [0.1, 0.15) is 0 Å². The number of anilines is 1. The summed E-state index contributed by atoms with van der Waals surface area (Å²) in [6.45, 7) is 4.57. The summed E-state index contributed by atoms with van der Waals surface area (Å²) < 4.78 is 1.18. The normalized spacial score (nSPS) is 18.6. The molecule has 0 heterocycles. The van der Waals surface area contributed by atoms with E-state index in [9.17, 15) is 0 Å². The number of hydrogen-bond acceptors (Lipinski definition) is 1. The van der Waals surface area contributed by atoms with Crippen LogP contribution in [0.4, 0.5) is 5.69 Å². The van der Waals surface area contributed by atoms with E-state index < -0.39 is 0 Å². The summed E-state index contributed by atoms with van der Waals surface area (Å²) in [5, 5.41) is 3.74. The smallest absolute Gasteiger partial charge is 0.0375 e. The number of hydrogen-bond donors (Lipinski definition) is 1. The molecule has 0 spiro atoms. The number of nitrogens with one attached hydrogen (secondary N) is 1. The molecule has 1 nitrogen and oxygen atoms in total. The van der Waals surface area contributed by atoms with Gasteiger partial charge in [-0.3, -0.25) is 0 Å². The molecule has 2 rings (SSSR count). The van der Waals surface area contributed by atoms with E-state index in [0.717, 1.165) is 12.3 Å². The van der Waals surface area contributed by atoms with Crippen molar-refractivity contribution in [3.05, 3.63) is 28.2 Å². The number of halogens is 1. The third-order valence-corrected chi connectivity index (χ3v) is 4.68. The molecular weight excluding hydrogens is 286 g/mol.